The molecule has 3 nitrogen and oxygen atoms in total. The van der Waals surface area contributed by atoms with Crippen LogP contribution in [0.2, 0.25) is 0 Å². The van der Waals surface area contributed by atoms with E-state index in [1.54, 1.807) is 0 Å². The normalized spacial score (nSPS) is 6.60. The van der Waals surface area contributed by atoms with Gasteiger partial charge in [-0.15, -0.1) is 0 Å². The van der Waals surface area contributed by atoms with E-state index in [2.05, 4.69) is 4.74 Å². The lowest BCUT2D eigenvalue weighted by molar-refractivity contribution is 0.180. The van der Waals surface area contributed by atoms with Crippen LogP contribution in [0.1, 0.15) is 0 Å². The third kappa shape index (κ3) is 3.27. The molecule has 0 heterocycles. The molecule has 0 unspecified atom stereocenters. The molecule has 1 radical (unpaired) electrons. The van der Waals surface area contributed by atoms with Gasteiger partial charge < -0.3 is 4.74 Å². The maximum Gasteiger partial charge on any atom is 0.425 e. The van der Waals surface area contributed by atoms with Crippen molar-refractivity contribution in [1.82, 2.24) is 5.73 Å². The fourth-order valence-corrected chi connectivity index (χ4v) is 0. The molecule has 1 amide bonds. The van der Waals surface area contributed by atoms with Crippen LogP contribution >= 0.6 is 0 Å². The number of carbonyl (C=O) groups excluding carboxylic acids is 1. The number of hydrogen-bond acceptors (Lipinski definition) is 2. The van der Waals surface area contributed by atoms with Crippen molar-refractivity contribution in [2.45, 2.75) is 0 Å². The summed E-state index contributed by atoms with van der Waals surface area (Å²) in [6.07, 6.45) is -0.995. The molecule has 0 aromatic carbocycles. The van der Waals surface area contributed by atoms with Crippen molar-refractivity contribution in [3.8, 4) is 0 Å². The topological polar surface area (TPSA) is 50.1 Å². The van der Waals surface area contributed by atoms with E-state index in [-0.39, 0.29) is 0 Å². The Morgan fingerprint density at radius 3 is 2.20 bits per heavy atom. The zero-order chi connectivity index (χ0) is 4.28. The van der Waals surface area contributed by atoms with Crippen molar-refractivity contribution in [3.63, 3.8) is 0 Å². The van der Waals surface area contributed by atoms with Crippen LogP contribution in [0, 0.1) is 0 Å². The fraction of sp³-hybridized carbons (Fsp3) is 0.500. The van der Waals surface area contributed by atoms with Gasteiger partial charge in [-0.25, -0.2) is 10.5 Å². The third-order valence-electron chi connectivity index (χ3n) is 0.185. The van der Waals surface area contributed by atoms with Gasteiger partial charge in [0.15, 0.2) is 0 Å². The van der Waals surface area contributed by atoms with E-state index in [4.69, 9.17) is 5.73 Å². The monoisotopic (exact) mass is 74.0 g/mol. The molecule has 3 heteroatoms. The number of nitrogens with one attached hydrogen (secondary N) is 1. The van der Waals surface area contributed by atoms with Crippen molar-refractivity contribution < 1.29 is 9.53 Å². The second-order valence-corrected chi connectivity index (χ2v) is 0.492. The highest BCUT2D eigenvalue weighted by molar-refractivity contribution is 5.63. The maximum absolute atomic E-state index is 9.26. The molecule has 1 N–H and O–H groups in total. The van der Waals surface area contributed by atoms with E-state index in [1.165, 1.54) is 0 Å². The Morgan fingerprint density at radius 2 is 2.20 bits per heavy atom. The summed E-state index contributed by atoms with van der Waals surface area (Å²) >= 11 is 0. The number of amides is 1. The van der Waals surface area contributed by atoms with Gasteiger partial charge in [-0.3, -0.25) is 0 Å². The summed E-state index contributed by atoms with van der Waals surface area (Å²) in [6.45, 7) is 0. The summed E-state index contributed by atoms with van der Waals surface area (Å²) in [4.78, 5) is 9.26. The van der Waals surface area contributed by atoms with E-state index in [0.29, 0.717) is 0 Å². The van der Waals surface area contributed by atoms with Crippen molar-refractivity contribution in [1.29, 1.82) is 0 Å². The lowest BCUT2D eigenvalue weighted by Crippen LogP contribution is -1.94. The number of ether oxygens (including phenoxy) is 1. The Balaban J connectivity index is 2.85. The Hall–Kier alpha value is -0.730. The van der Waals surface area contributed by atoms with Crippen molar-refractivity contribution >= 4 is 6.09 Å². The summed E-state index contributed by atoms with van der Waals surface area (Å²) < 4.78 is 3.78. The molecule has 0 aromatic rings. The van der Waals surface area contributed by atoms with Gasteiger partial charge in [0.25, 0.3) is 0 Å². The van der Waals surface area contributed by atoms with Crippen LogP contribution in [0.15, 0.2) is 0 Å². The third-order valence-corrected chi connectivity index (χ3v) is 0.185. The molecule has 0 fully saturated rings. The quantitative estimate of drug-likeness (QED) is 0.407. The van der Waals surface area contributed by atoms with E-state index in [9.17, 15) is 4.79 Å². The molecule has 0 aliphatic rings. The van der Waals surface area contributed by atoms with Gasteiger partial charge in [0.1, 0.15) is 0 Å². The van der Waals surface area contributed by atoms with Crippen LogP contribution in [0.25, 0.3) is 0 Å². The number of hydrogen-bond donors (Lipinski definition) is 0. The summed E-state index contributed by atoms with van der Waals surface area (Å²) in [5.74, 6) is 0. The first-order chi connectivity index (χ1) is 2.27. The molecule has 29 valence electrons. The summed E-state index contributed by atoms with van der Waals surface area (Å²) in [5.41, 5.74) is 5.97. The Labute approximate surface area is 29.7 Å². The highest BCUT2D eigenvalue weighted by Gasteiger charge is 1.78. The second kappa shape index (κ2) is 1.58. The average Bonchev–Trinajstić information content (AvgIpc) is 1.38. The van der Waals surface area contributed by atoms with Gasteiger partial charge >= 0.3 is 6.09 Å². The first-order valence-corrected chi connectivity index (χ1v) is 1.07. The minimum absolute atomic E-state index is 0.995. The van der Waals surface area contributed by atoms with Gasteiger partial charge in [-0.2, -0.15) is 0 Å². The molecular weight excluding hydrogens is 70.0 g/mol. The molecule has 0 aliphatic carbocycles. The highest BCUT2D eigenvalue weighted by Crippen LogP contribution is 1.58. The smallest absolute Gasteiger partial charge is 0.425 e. The van der Waals surface area contributed by atoms with Gasteiger partial charge in [-0.05, 0) is 0 Å². The average molecular weight is 74.1 g/mol. The van der Waals surface area contributed by atoms with E-state index >= 15 is 0 Å². The Bertz CT molecular complexity index is 42.9. The summed E-state index contributed by atoms with van der Waals surface area (Å²) in [7, 11) is 1.16. The Morgan fingerprint density at radius 1 is 2.00 bits per heavy atom. The lowest BCUT2D eigenvalue weighted by Gasteiger charge is -1.79. The SMILES string of the molecule is COC([NH])=O. The van der Waals surface area contributed by atoms with E-state index in [0.717, 1.165) is 7.11 Å². The zero-order valence-electron chi connectivity index (χ0n) is 2.82. The molecule has 5 heavy (non-hydrogen) atoms. The molecule has 0 aliphatic heterocycles. The van der Waals surface area contributed by atoms with Crippen LogP contribution in [-0.4, -0.2) is 13.2 Å². The van der Waals surface area contributed by atoms with Crippen molar-refractivity contribution in [2.24, 2.45) is 0 Å². The van der Waals surface area contributed by atoms with Crippen LogP contribution < -0.4 is 5.73 Å². The first-order valence-electron chi connectivity index (χ1n) is 1.07. The highest BCUT2D eigenvalue weighted by atomic mass is 16.5. The van der Waals surface area contributed by atoms with Crippen LogP contribution in [0.4, 0.5) is 4.79 Å². The van der Waals surface area contributed by atoms with Crippen LogP contribution in [-0.2, 0) is 4.74 Å². The van der Waals surface area contributed by atoms with Crippen LogP contribution in [0.3, 0.4) is 0 Å². The Kier molecular flexibility index (Phi) is 1.35. The van der Waals surface area contributed by atoms with Gasteiger partial charge in [0.05, 0.1) is 7.11 Å². The molecule has 0 bridgehead atoms. The maximum atomic E-state index is 9.26. The standard InChI is InChI=1S/C2H4NO2/c1-5-2(3)4/h3H,1H3. The van der Waals surface area contributed by atoms with Gasteiger partial charge in [0, 0.05) is 0 Å². The largest absolute Gasteiger partial charge is 0.452 e. The minimum Gasteiger partial charge on any atom is -0.452 e. The predicted molar refractivity (Wildman–Crippen MR) is 15.5 cm³/mol. The minimum atomic E-state index is -0.995. The molecule has 0 saturated heterocycles. The fourth-order valence-electron chi connectivity index (χ4n) is 0. The lowest BCUT2D eigenvalue weighted by atomic mass is 11.3. The molecular formula is C2H4NO2. The van der Waals surface area contributed by atoms with Crippen molar-refractivity contribution in [3.05, 3.63) is 0 Å². The van der Waals surface area contributed by atoms with Crippen LogP contribution in [0.5, 0.6) is 0 Å². The second-order valence-electron chi connectivity index (χ2n) is 0.492. The van der Waals surface area contributed by atoms with Gasteiger partial charge in [0.2, 0.25) is 0 Å². The van der Waals surface area contributed by atoms with Gasteiger partial charge in [-0.1, -0.05) is 0 Å². The molecule has 0 rings (SSSR count). The predicted octanol–water partition coefficient (Wildman–Crippen LogP) is 0.0357. The molecule has 0 spiro atoms. The number of methoxy groups -OCH3 is 1. The zero-order valence-corrected chi connectivity index (χ0v) is 2.82. The number of carbonyl (C=O) groups is 1. The van der Waals surface area contributed by atoms with Crippen molar-refractivity contribution in [2.75, 3.05) is 7.11 Å². The molecule has 0 saturated carbocycles. The van der Waals surface area contributed by atoms with E-state index in [1.807, 2.05) is 0 Å². The van der Waals surface area contributed by atoms with E-state index < -0.39 is 6.09 Å². The number of rotatable bonds is 0. The molecule has 0 aromatic heterocycles. The first kappa shape index (κ1) is 4.27. The molecule has 0 atom stereocenters. The summed E-state index contributed by atoms with van der Waals surface area (Å²) in [6, 6.07) is 0. The summed E-state index contributed by atoms with van der Waals surface area (Å²) in [5, 5.41) is 0.